The van der Waals surface area contributed by atoms with Gasteiger partial charge in [0.25, 0.3) is 0 Å². The van der Waals surface area contributed by atoms with Gasteiger partial charge in [0.1, 0.15) is 12.4 Å². The largest absolute Gasteiger partial charge is 0.487 e. The Morgan fingerprint density at radius 2 is 1.69 bits per heavy atom. The van der Waals surface area contributed by atoms with E-state index in [9.17, 15) is 0 Å². The lowest BCUT2D eigenvalue weighted by atomic mass is 10.0. The Morgan fingerprint density at radius 3 is 2.50 bits per heavy atom. The van der Waals surface area contributed by atoms with Crippen LogP contribution in [0.4, 0.5) is 0 Å². The molecule has 0 N–H and O–H groups in total. The Morgan fingerprint density at radius 1 is 0.923 bits per heavy atom. The predicted molar refractivity (Wildman–Crippen MR) is 105 cm³/mol. The van der Waals surface area contributed by atoms with Crippen molar-refractivity contribution in [2.24, 2.45) is 0 Å². The summed E-state index contributed by atoms with van der Waals surface area (Å²) >= 11 is 12.6. The molecule has 3 aromatic carbocycles. The smallest absolute Gasteiger partial charge is 0.167 e. The standard InChI is InChI=1S/C21H15Cl2NO2/c1-13-17-8-6-15(11-21(17)26-24-13)14-7-9-20(19(23)10-14)25-12-16-4-2-3-5-18(16)22/h2-11H,12H2,1H3. The normalized spacial score (nSPS) is 11.0. The Bertz CT molecular complexity index is 1090. The van der Waals surface area contributed by atoms with Gasteiger partial charge in [-0.05, 0) is 48.4 Å². The van der Waals surface area contributed by atoms with Crippen LogP contribution in [0.25, 0.3) is 22.1 Å². The van der Waals surface area contributed by atoms with Crippen molar-refractivity contribution in [3.63, 3.8) is 0 Å². The van der Waals surface area contributed by atoms with Crippen molar-refractivity contribution in [3.8, 4) is 16.9 Å². The molecule has 0 spiro atoms. The van der Waals surface area contributed by atoms with Crippen molar-refractivity contribution in [2.75, 3.05) is 0 Å². The summed E-state index contributed by atoms with van der Waals surface area (Å²) in [5, 5.41) is 6.23. The molecule has 0 amide bonds. The second-order valence-corrected chi connectivity index (χ2v) is 6.82. The zero-order chi connectivity index (χ0) is 18.1. The second kappa shape index (κ2) is 7.02. The average Bonchev–Trinajstić information content (AvgIpc) is 3.02. The SMILES string of the molecule is Cc1noc2cc(-c3ccc(OCc4ccccc4Cl)c(Cl)c3)ccc12. The molecule has 0 radical (unpaired) electrons. The van der Waals surface area contributed by atoms with Crippen LogP contribution in [0.3, 0.4) is 0 Å². The summed E-state index contributed by atoms with van der Waals surface area (Å²) in [5.74, 6) is 0.618. The minimum atomic E-state index is 0.363. The van der Waals surface area contributed by atoms with Gasteiger partial charge in [-0.25, -0.2) is 0 Å². The van der Waals surface area contributed by atoms with Gasteiger partial charge >= 0.3 is 0 Å². The molecular formula is C21H15Cl2NO2. The molecule has 3 nitrogen and oxygen atoms in total. The van der Waals surface area contributed by atoms with E-state index in [0.29, 0.717) is 22.4 Å². The monoisotopic (exact) mass is 383 g/mol. The van der Waals surface area contributed by atoms with Gasteiger partial charge in [-0.1, -0.05) is 58.7 Å². The Labute approximate surface area is 161 Å². The number of rotatable bonds is 4. The van der Waals surface area contributed by atoms with Crippen LogP contribution in [0.5, 0.6) is 5.75 Å². The summed E-state index contributed by atoms with van der Waals surface area (Å²) < 4.78 is 11.2. The molecular weight excluding hydrogens is 369 g/mol. The molecule has 0 aliphatic heterocycles. The Balaban J connectivity index is 1.57. The van der Waals surface area contributed by atoms with Crippen LogP contribution >= 0.6 is 23.2 Å². The van der Waals surface area contributed by atoms with E-state index in [1.54, 1.807) is 0 Å². The van der Waals surface area contributed by atoms with Gasteiger partial charge < -0.3 is 9.26 Å². The molecule has 0 aliphatic rings. The fraction of sp³-hybridized carbons (Fsp3) is 0.0952. The quantitative estimate of drug-likeness (QED) is 0.393. The zero-order valence-electron chi connectivity index (χ0n) is 14.0. The molecule has 130 valence electrons. The molecule has 4 aromatic rings. The van der Waals surface area contributed by atoms with Crippen LogP contribution in [-0.2, 0) is 6.61 Å². The van der Waals surface area contributed by atoms with Crippen LogP contribution in [0, 0.1) is 6.92 Å². The molecule has 5 heteroatoms. The molecule has 0 bridgehead atoms. The van der Waals surface area contributed by atoms with E-state index in [1.807, 2.05) is 67.6 Å². The number of benzene rings is 3. The molecule has 0 fully saturated rings. The predicted octanol–water partition coefficient (Wildman–Crippen LogP) is 6.69. The van der Waals surface area contributed by atoms with E-state index in [2.05, 4.69) is 5.16 Å². The number of fused-ring (bicyclic) bond motifs is 1. The maximum atomic E-state index is 6.41. The molecule has 0 saturated heterocycles. The van der Waals surface area contributed by atoms with E-state index < -0.39 is 0 Å². The van der Waals surface area contributed by atoms with E-state index in [1.165, 1.54) is 0 Å². The minimum absolute atomic E-state index is 0.363. The van der Waals surface area contributed by atoms with Crippen LogP contribution in [0.15, 0.2) is 65.2 Å². The summed E-state index contributed by atoms with van der Waals surface area (Å²) in [7, 11) is 0. The number of aryl methyl sites for hydroxylation is 1. The third-order valence-corrected chi connectivity index (χ3v) is 4.92. The number of ether oxygens (including phenoxy) is 1. The van der Waals surface area contributed by atoms with Crippen molar-refractivity contribution < 1.29 is 9.26 Å². The number of halogens is 2. The van der Waals surface area contributed by atoms with E-state index >= 15 is 0 Å². The maximum Gasteiger partial charge on any atom is 0.167 e. The zero-order valence-corrected chi connectivity index (χ0v) is 15.5. The van der Waals surface area contributed by atoms with Crippen LogP contribution in [0.1, 0.15) is 11.3 Å². The van der Waals surface area contributed by atoms with Gasteiger partial charge in [0.05, 0.1) is 10.7 Å². The first-order chi connectivity index (χ1) is 12.6. The van der Waals surface area contributed by atoms with Crippen LogP contribution in [-0.4, -0.2) is 5.16 Å². The van der Waals surface area contributed by atoms with Crippen molar-refractivity contribution in [1.29, 1.82) is 0 Å². The lowest BCUT2D eigenvalue weighted by Crippen LogP contribution is -1.96. The first-order valence-corrected chi connectivity index (χ1v) is 8.89. The number of aromatic nitrogens is 1. The highest BCUT2D eigenvalue weighted by Gasteiger charge is 2.09. The molecule has 26 heavy (non-hydrogen) atoms. The summed E-state index contributed by atoms with van der Waals surface area (Å²) in [5.41, 5.74) is 4.55. The lowest BCUT2D eigenvalue weighted by Gasteiger charge is -2.11. The second-order valence-electron chi connectivity index (χ2n) is 6.00. The van der Waals surface area contributed by atoms with Crippen LogP contribution in [0.2, 0.25) is 10.0 Å². The third kappa shape index (κ3) is 3.28. The molecule has 1 heterocycles. The highest BCUT2D eigenvalue weighted by Crippen LogP contribution is 2.33. The third-order valence-electron chi connectivity index (χ3n) is 4.26. The Kier molecular flexibility index (Phi) is 4.58. The first-order valence-electron chi connectivity index (χ1n) is 8.14. The van der Waals surface area contributed by atoms with Crippen LogP contribution < -0.4 is 4.74 Å². The summed E-state index contributed by atoms with van der Waals surface area (Å²) in [6.07, 6.45) is 0. The summed E-state index contributed by atoms with van der Waals surface area (Å²) in [4.78, 5) is 0. The molecule has 0 saturated carbocycles. The van der Waals surface area contributed by atoms with Gasteiger partial charge in [0.2, 0.25) is 0 Å². The highest BCUT2D eigenvalue weighted by atomic mass is 35.5. The molecule has 0 atom stereocenters. The topological polar surface area (TPSA) is 35.3 Å². The fourth-order valence-electron chi connectivity index (χ4n) is 2.81. The van der Waals surface area contributed by atoms with Gasteiger partial charge in [0, 0.05) is 16.0 Å². The molecule has 0 unspecified atom stereocenters. The summed E-state index contributed by atoms with van der Waals surface area (Å²) in [6, 6.07) is 19.3. The van der Waals surface area contributed by atoms with Crippen molar-refractivity contribution in [2.45, 2.75) is 13.5 Å². The molecule has 1 aromatic heterocycles. The van der Waals surface area contributed by atoms with Crippen molar-refractivity contribution in [1.82, 2.24) is 5.16 Å². The summed E-state index contributed by atoms with van der Waals surface area (Å²) in [6.45, 7) is 2.29. The maximum absolute atomic E-state index is 6.41. The minimum Gasteiger partial charge on any atom is -0.487 e. The van der Waals surface area contributed by atoms with Gasteiger partial charge in [-0.3, -0.25) is 0 Å². The average molecular weight is 384 g/mol. The number of hydrogen-bond acceptors (Lipinski definition) is 3. The van der Waals surface area contributed by atoms with Gasteiger partial charge in [-0.2, -0.15) is 0 Å². The van der Waals surface area contributed by atoms with Crippen molar-refractivity contribution >= 4 is 34.2 Å². The molecule has 4 rings (SSSR count). The fourth-order valence-corrected chi connectivity index (χ4v) is 3.24. The molecule has 0 aliphatic carbocycles. The van der Waals surface area contributed by atoms with E-state index in [0.717, 1.165) is 33.4 Å². The highest BCUT2D eigenvalue weighted by molar-refractivity contribution is 6.32. The van der Waals surface area contributed by atoms with Gasteiger partial charge in [0.15, 0.2) is 5.58 Å². The Hall–Kier alpha value is -2.49. The van der Waals surface area contributed by atoms with Gasteiger partial charge in [-0.15, -0.1) is 0 Å². The van der Waals surface area contributed by atoms with E-state index in [4.69, 9.17) is 32.5 Å². The van der Waals surface area contributed by atoms with E-state index in [-0.39, 0.29) is 0 Å². The number of nitrogens with zero attached hydrogens (tertiary/aromatic N) is 1. The van der Waals surface area contributed by atoms with Crippen molar-refractivity contribution in [3.05, 3.63) is 82.0 Å². The number of hydrogen-bond donors (Lipinski definition) is 0. The first kappa shape index (κ1) is 17.0. The lowest BCUT2D eigenvalue weighted by molar-refractivity contribution is 0.306.